The Bertz CT molecular complexity index is 418. The van der Waals surface area contributed by atoms with Crippen LogP contribution >= 0.6 is 22.9 Å². The number of nitriles is 2. The van der Waals surface area contributed by atoms with E-state index in [-0.39, 0.29) is 10.7 Å². The topological polar surface area (TPSA) is 86.5 Å². The number of allylic oxidation sites excluding steroid dienone is 1. The van der Waals surface area contributed by atoms with Crippen LogP contribution in [0.5, 0.6) is 0 Å². The van der Waals surface area contributed by atoms with Gasteiger partial charge in [-0.05, 0) is 6.08 Å². The van der Waals surface area contributed by atoms with Gasteiger partial charge in [-0.15, -0.1) is 0 Å². The summed E-state index contributed by atoms with van der Waals surface area (Å²) in [5, 5.41) is 17.4. The van der Waals surface area contributed by atoms with Crippen molar-refractivity contribution in [2.24, 2.45) is 0 Å². The van der Waals surface area contributed by atoms with Crippen molar-refractivity contribution in [3.05, 3.63) is 15.6 Å². The molecule has 4 nitrogen and oxygen atoms in total. The molecule has 0 spiro atoms. The second kappa shape index (κ2) is 3.90. The fourth-order valence-electron chi connectivity index (χ4n) is 0.639. The van der Waals surface area contributed by atoms with E-state index in [4.69, 9.17) is 27.9 Å². The Morgan fingerprint density at radius 1 is 1.54 bits per heavy atom. The summed E-state index contributed by atoms with van der Waals surface area (Å²) >= 11 is 6.79. The number of nitrogens with zero attached hydrogens (tertiary/aromatic N) is 3. The van der Waals surface area contributed by atoms with Crippen molar-refractivity contribution in [2.75, 3.05) is 5.73 Å². The normalized spacial score (nSPS) is 8.54. The fraction of sp³-hybridized carbons (Fsp3) is 0. The van der Waals surface area contributed by atoms with Crippen molar-refractivity contribution >= 4 is 34.1 Å². The summed E-state index contributed by atoms with van der Waals surface area (Å²) in [5.41, 5.74) is 5.34. The number of halogens is 1. The molecule has 64 valence electrons. The van der Waals surface area contributed by atoms with E-state index in [9.17, 15) is 0 Å². The van der Waals surface area contributed by atoms with Gasteiger partial charge in [0, 0.05) is 0 Å². The van der Waals surface area contributed by atoms with Gasteiger partial charge in [0.2, 0.25) is 0 Å². The van der Waals surface area contributed by atoms with Crippen LogP contribution in [-0.4, -0.2) is 4.98 Å². The van der Waals surface area contributed by atoms with E-state index in [1.54, 1.807) is 12.1 Å². The predicted molar refractivity (Wildman–Crippen MR) is 50.7 cm³/mol. The minimum atomic E-state index is -0.0226. The average Bonchev–Trinajstić information content (AvgIpc) is 2.41. The lowest BCUT2D eigenvalue weighted by Gasteiger charge is -1.83. The number of aromatic nitrogens is 1. The quantitative estimate of drug-likeness (QED) is 0.717. The molecule has 0 amide bonds. The average molecular weight is 211 g/mol. The molecular weight excluding hydrogens is 208 g/mol. The molecule has 2 N–H and O–H groups in total. The monoisotopic (exact) mass is 210 g/mol. The molecule has 0 aliphatic rings. The van der Waals surface area contributed by atoms with Crippen molar-refractivity contribution in [2.45, 2.75) is 0 Å². The lowest BCUT2D eigenvalue weighted by atomic mass is 10.3. The number of hydrogen-bond acceptors (Lipinski definition) is 5. The number of hydrogen-bond donors (Lipinski definition) is 1. The third-order valence-corrected chi connectivity index (χ3v) is 2.37. The van der Waals surface area contributed by atoms with Gasteiger partial charge in [-0.3, -0.25) is 0 Å². The highest BCUT2D eigenvalue weighted by Gasteiger charge is 2.05. The summed E-state index contributed by atoms with van der Waals surface area (Å²) in [4.78, 5) is 4.26. The molecule has 1 aromatic rings. The highest BCUT2D eigenvalue weighted by Crippen LogP contribution is 2.26. The predicted octanol–water partition coefficient (Wildman–Crippen LogP) is 1.81. The first-order valence-corrected chi connectivity index (χ1v) is 4.30. The van der Waals surface area contributed by atoms with Gasteiger partial charge in [-0.25, -0.2) is 4.98 Å². The Kier molecular flexibility index (Phi) is 2.86. The van der Waals surface area contributed by atoms with Gasteiger partial charge in [0.1, 0.15) is 22.9 Å². The molecule has 0 aromatic carbocycles. The molecule has 1 heterocycles. The Morgan fingerprint density at radius 2 is 2.15 bits per heavy atom. The van der Waals surface area contributed by atoms with Crippen molar-refractivity contribution in [3.8, 4) is 12.1 Å². The first-order chi connectivity index (χ1) is 6.17. The molecule has 1 aromatic heterocycles. The van der Waals surface area contributed by atoms with Gasteiger partial charge in [-0.2, -0.15) is 10.5 Å². The minimum absolute atomic E-state index is 0.0226. The highest BCUT2D eigenvalue weighted by atomic mass is 35.5. The first-order valence-electron chi connectivity index (χ1n) is 3.11. The van der Waals surface area contributed by atoms with Crippen LogP contribution in [0, 0.1) is 22.7 Å². The third-order valence-electron chi connectivity index (χ3n) is 1.14. The van der Waals surface area contributed by atoms with Crippen LogP contribution in [-0.2, 0) is 0 Å². The zero-order valence-corrected chi connectivity index (χ0v) is 7.85. The van der Waals surface area contributed by atoms with Crippen LogP contribution in [0.2, 0.25) is 5.15 Å². The lowest BCUT2D eigenvalue weighted by Crippen LogP contribution is -1.78. The van der Waals surface area contributed by atoms with Crippen LogP contribution in [0.25, 0.3) is 6.08 Å². The van der Waals surface area contributed by atoms with E-state index in [1.807, 2.05) is 0 Å². The molecule has 0 aliphatic carbocycles. The highest BCUT2D eigenvalue weighted by molar-refractivity contribution is 7.16. The summed E-state index contributed by atoms with van der Waals surface area (Å²) in [6.07, 6.45) is 1.36. The summed E-state index contributed by atoms with van der Waals surface area (Å²) in [6.45, 7) is 0. The molecule has 0 radical (unpaired) electrons. The molecule has 13 heavy (non-hydrogen) atoms. The van der Waals surface area contributed by atoms with Crippen molar-refractivity contribution < 1.29 is 0 Å². The lowest BCUT2D eigenvalue weighted by molar-refractivity contribution is 1.42. The van der Waals surface area contributed by atoms with E-state index in [1.165, 1.54) is 6.08 Å². The van der Waals surface area contributed by atoms with E-state index in [0.29, 0.717) is 10.0 Å². The van der Waals surface area contributed by atoms with Crippen LogP contribution in [0.4, 0.5) is 5.13 Å². The Morgan fingerprint density at radius 3 is 2.54 bits per heavy atom. The molecule has 0 saturated carbocycles. The molecule has 0 aliphatic heterocycles. The molecule has 0 atom stereocenters. The Hall–Kier alpha value is -1.56. The largest absolute Gasteiger partial charge is 0.375 e. The second-order valence-electron chi connectivity index (χ2n) is 1.99. The van der Waals surface area contributed by atoms with Gasteiger partial charge in [0.25, 0.3) is 0 Å². The standard InChI is InChI=1S/C7H3ClN4S/c8-6-5(13-7(11)12-6)1-4(2-9)3-10/h1H,(H2,11,12). The molecule has 0 bridgehead atoms. The zero-order valence-electron chi connectivity index (χ0n) is 6.28. The Balaban J connectivity index is 3.13. The van der Waals surface area contributed by atoms with E-state index in [2.05, 4.69) is 4.98 Å². The van der Waals surface area contributed by atoms with Gasteiger partial charge < -0.3 is 5.73 Å². The fourth-order valence-corrected chi connectivity index (χ4v) is 1.62. The van der Waals surface area contributed by atoms with Crippen LogP contribution in [0.1, 0.15) is 4.88 Å². The minimum Gasteiger partial charge on any atom is -0.375 e. The van der Waals surface area contributed by atoms with E-state index in [0.717, 1.165) is 11.3 Å². The van der Waals surface area contributed by atoms with Crippen molar-refractivity contribution in [1.29, 1.82) is 10.5 Å². The maximum atomic E-state index is 8.45. The van der Waals surface area contributed by atoms with Gasteiger partial charge in [-0.1, -0.05) is 22.9 Å². The maximum Gasteiger partial charge on any atom is 0.182 e. The number of thiazole rings is 1. The molecule has 0 unspecified atom stereocenters. The van der Waals surface area contributed by atoms with Crippen molar-refractivity contribution in [1.82, 2.24) is 4.98 Å². The number of nitrogens with two attached hydrogens (primary N) is 1. The number of rotatable bonds is 1. The molecule has 6 heteroatoms. The van der Waals surface area contributed by atoms with Gasteiger partial charge >= 0.3 is 0 Å². The van der Waals surface area contributed by atoms with E-state index >= 15 is 0 Å². The summed E-state index contributed by atoms with van der Waals surface area (Å²) in [7, 11) is 0. The summed E-state index contributed by atoms with van der Waals surface area (Å²) in [6, 6.07) is 3.43. The third kappa shape index (κ3) is 2.19. The van der Waals surface area contributed by atoms with Crippen LogP contribution in [0.3, 0.4) is 0 Å². The summed E-state index contributed by atoms with van der Waals surface area (Å²) < 4.78 is 0. The molecule has 1 rings (SSSR count). The van der Waals surface area contributed by atoms with Crippen LogP contribution in [0.15, 0.2) is 5.57 Å². The number of nitrogen functional groups attached to an aromatic ring is 1. The zero-order chi connectivity index (χ0) is 9.84. The summed E-state index contributed by atoms with van der Waals surface area (Å²) in [5.74, 6) is 0. The molecule has 0 fully saturated rings. The second-order valence-corrected chi connectivity index (χ2v) is 3.41. The Labute approximate surface area is 83.5 Å². The maximum absolute atomic E-state index is 8.45. The van der Waals surface area contributed by atoms with E-state index < -0.39 is 0 Å². The smallest absolute Gasteiger partial charge is 0.182 e. The molecular formula is C7H3ClN4S. The number of anilines is 1. The van der Waals surface area contributed by atoms with Crippen LogP contribution < -0.4 is 5.73 Å². The van der Waals surface area contributed by atoms with Crippen molar-refractivity contribution in [3.63, 3.8) is 0 Å². The van der Waals surface area contributed by atoms with Gasteiger partial charge in [0.15, 0.2) is 5.13 Å². The SMILES string of the molecule is N#CC(C#N)=Cc1sc(N)nc1Cl. The first kappa shape index (κ1) is 9.53. The molecule has 0 saturated heterocycles. The van der Waals surface area contributed by atoms with Gasteiger partial charge in [0.05, 0.1) is 4.88 Å².